The van der Waals surface area contributed by atoms with E-state index in [0.717, 1.165) is 28.1 Å². The zero-order valence-corrected chi connectivity index (χ0v) is 21.1. The minimum absolute atomic E-state index is 0.00514. The molecule has 0 saturated heterocycles. The molecule has 1 atom stereocenters. The van der Waals surface area contributed by atoms with Crippen LogP contribution in [0.1, 0.15) is 40.6 Å². The molecule has 0 fully saturated rings. The molecule has 0 aliphatic rings. The number of nitrogens with one attached hydrogen (secondary N) is 2. The first-order chi connectivity index (χ1) is 17.1. The van der Waals surface area contributed by atoms with Crippen LogP contribution in [0.5, 0.6) is 5.75 Å². The molecule has 0 spiro atoms. The molecule has 36 heavy (non-hydrogen) atoms. The smallest absolute Gasteiger partial charge is 0.311 e. The Morgan fingerprint density at radius 2 is 1.67 bits per heavy atom. The Morgan fingerprint density at radius 1 is 1.00 bits per heavy atom. The molecule has 3 aromatic rings. The predicted molar refractivity (Wildman–Crippen MR) is 134 cm³/mol. The lowest BCUT2D eigenvalue weighted by Crippen LogP contribution is -2.40. The van der Waals surface area contributed by atoms with Crippen LogP contribution in [0.15, 0.2) is 47.0 Å². The van der Waals surface area contributed by atoms with Crippen LogP contribution in [0, 0.1) is 27.7 Å². The second kappa shape index (κ2) is 12.0. The summed E-state index contributed by atoms with van der Waals surface area (Å²) < 4.78 is 16.1. The van der Waals surface area contributed by atoms with Gasteiger partial charge in [0.25, 0.3) is 5.91 Å². The van der Waals surface area contributed by atoms with E-state index >= 15 is 0 Å². The van der Waals surface area contributed by atoms with E-state index < -0.39 is 18.0 Å². The lowest BCUT2D eigenvalue weighted by atomic mass is 10.1. The summed E-state index contributed by atoms with van der Waals surface area (Å²) in [6, 6.07) is 12.7. The number of hydrogen-bond acceptors (Lipinski definition) is 7. The molecule has 3 rings (SSSR count). The molecule has 0 aliphatic carbocycles. The van der Waals surface area contributed by atoms with Crippen LogP contribution in [-0.2, 0) is 32.1 Å². The number of anilines is 1. The molecule has 2 N–H and O–H groups in total. The fourth-order valence-corrected chi connectivity index (χ4v) is 3.53. The van der Waals surface area contributed by atoms with E-state index in [9.17, 15) is 14.4 Å². The Kier molecular flexibility index (Phi) is 8.83. The fourth-order valence-electron chi connectivity index (χ4n) is 3.53. The monoisotopic (exact) mass is 493 g/mol. The Bertz CT molecular complexity index is 1190. The Morgan fingerprint density at radius 3 is 2.28 bits per heavy atom. The summed E-state index contributed by atoms with van der Waals surface area (Å²) in [6.45, 7) is 9.03. The lowest BCUT2D eigenvalue weighted by Gasteiger charge is -2.15. The van der Waals surface area contributed by atoms with Gasteiger partial charge in [-0.3, -0.25) is 14.4 Å². The number of esters is 1. The Hall–Kier alpha value is -4.14. The van der Waals surface area contributed by atoms with Gasteiger partial charge in [0, 0.05) is 5.69 Å². The van der Waals surface area contributed by atoms with Gasteiger partial charge in [-0.2, -0.15) is 0 Å². The Labute approximate surface area is 210 Å². The normalized spacial score (nSPS) is 11.5. The average molecular weight is 494 g/mol. The maximum atomic E-state index is 12.3. The molecule has 0 radical (unpaired) electrons. The SMILES string of the molecule is Cc1cccc(C)c1NC(=O)CNC(=O)C(C)OC(=O)Cc1ccc(OCc2c(C)noc2C)cc1. The van der Waals surface area contributed by atoms with Crippen molar-refractivity contribution in [3.8, 4) is 5.75 Å². The molecule has 2 aromatic carbocycles. The molecule has 1 aromatic heterocycles. The number of rotatable bonds is 10. The van der Waals surface area contributed by atoms with Gasteiger partial charge in [0.15, 0.2) is 6.10 Å². The molecule has 9 nitrogen and oxygen atoms in total. The van der Waals surface area contributed by atoms with Crippen molar-refractivity contribution in [2.75, 3.05) is 11.9 Å². The molecule has 1 heterocycles. The maximum absolute atomic E-state index is 12.3. The van der Waals surface area contributed by atoms with Crippen molar-refractivity contribution < 1.29 is 28.4 Å². The van der Waals surface area contributed by atoms with E-state index in [-0.39, 0.29) is 18.9 Å². The van der Waals surface area contributed by atoms with Gasteiger partial charge in [0.2, 0.25) is 5.91 Å². The van der Waals surface area contributed by atoms with Crippen LogP contribution in [0.25, 0.3) is 0 Å². The van der Waals surface area contributed by atoms with Crippen molar-refractivity contribution in [1.82, 2.24) is 10.5 Å². The van der Waals surface area contributed by atoms with Crippen molar-refractivity contribution >= 4 is 23.5 Å². The molecule has 0 saturated carbocycles. The number of hydrogen-bond donors (Lipinski definition) is 2. The number of benzene rings is 2. The third-order valence-corrected chi connectivity index (χ3v) is 5.68. The van der Waals surface area contributed by atoms with Gasteiger partial charge in [0.1, 0.15) is 18.1 Å². The Balaban J connectivity index is 1.42. The van der Waals surface area contributed by atoms with Crippen LogP contribution in [-0.4, -0.2) is 35.6 Å². The number of ether oxygens (including phenoxy) is 2. The predicted octanol–water partition coefficient (Wildman–Crippen LogP) is 3.72. The van der Waals surface area contributed by atoms with Crippen molar-refractivity contribution in [2.45, 2.75) is 53.8 Å². The average Bonchev–Trinajstić information content (AvgIpc) is 3.16. The second-order valence-corrected chi connectivity index (χ2v) is 8.58. The third-order valence-electron chi connectivity index (χ3n) is 5.68. The highest BCUT2D eigenvalue weighted by Gasteiger charge is 2.19. The lowest BCUT2D eigenvalue weighted by molar-refractivity contribution is -0.154. The zero-order valence-electron chi connectivity index (χ0n) is 21.1. The molecule has 190 valence electrons. The van der Waals surface area contributed by atoms with Crippen LogP contribution in [0.3, 0.4) is 0 Å². The van der Waals surface area contributed by atoms with E-state index in [0.29, 0.717) is 23.7 Å². The minimum Gasteiger partial charge on any atom is -0.489 e. The summed E-state index contributed by atoms with van der Waals surface area (Å²) in [5, 5.41) is 9.19. The minimum atomic E-state index is -1.04. The molecule has 0 bridgehead atoms. The highest BCUT2D eigenvalue weighted by Crippen LogP contribution is 2.20. The molecule has 2 amide bonds. The van der Waals surface area contributed by atoms with Crippen LogP contribution in [0.4, 0.5) is 5.69 Å². The number of aromatic nitrogens is 1. The van der Waals surface area contributed by atoms with E-state index in [1.165, 1.54) is 6.92 Å². The third kappa shape index (κ3) is 7.18. The molecular weight excluding hydrogens is 462 g/mol. The molecule has 0 aliphatic heterocycles. The first-order valence-corrected chi connectivity index (χ1v) is 11.6. The number of carbonyl (C=O) groups excluding carboxylic acids is 3. The van der Waals surface area contributed by atoms with Crippen molar-refractivity contribution in [1.29, 1.82) is 0 Å². The van der Waals surface area contributed by atoms with E-state index in [1.807, 2.05) is 45.9 Å². The van der Waals surface area contributed by atoms with Crippen molar-refractivity contribution in [3.63, 3.8) is 0 Å². The van der Waals surface area contributed by atoms with Gasteiger partial charge in [-0.1, -0.05) is 35.5 Å². The second-order valence-electron chi connectivity index (χ2n) is 8.58. The van der Waals surface area contributed by atoms with Crippen molar-refractivity contribution in [3.05, 3.63) is 76.2 Å². The quantitative estimate of drug-likeness (QED) is 0.413. The first kappa shape index (κ1) is 26.5. The van der Waals surface area contributed by atoms with Gasteiger partial charge in [-0.25, -0.2) is 0 Å². The van der Waals surface area contributed by atoms with E-state index in [2.05, 4.69) is 15.8 Å². The van der Waals surface area contributed by atoms with Crippen molar-refractivity contribution in [2.24, 2.45) is 0 Å². The number of para-hydroxylation sites is 1. The summed E-state index contributed by atoms with van der Waals surface area (Å²) >= 11 is 0. The van der Waals surface area contributed by atoms with Gasteiger partial charge in [0.05, 0.1) is 24.2 Å². The van der Waals surface area contributed by atoms with Crippen LogP contribution >= 0.6 is 0 Å². The van der Waals surface area contributed by atoms with Gasteiger partial charge in [-0.15, -0.1) is 0 Å². The highest BCUT2D eigenvalue weighted by molar-refractivity contribution is 5.96. The number of nitrogens with zero attached hydrogens (tertiary/aromatic N) is 1. The molecule has 9 heteroatoms. The van der Waals surface area contributed by atoms with Crippen LogP contribution < -0.4 is 15.4 Å². The highest BCUT2D eigenvalue weighted by atomic mass is 16.5. The summed E-state index contributed by atoms with van der Waals surface area (Å²) in [5.41, 5.74) is 4.97. The number of aryl methyl sites for hydroxylation is 4. The first-order valence-electron chi connectivity index (χ1n) is 11.6. The topological polar surface area (TPSA) is 120 Å². The summed E-state index contributed by atoms with van der Waals surface area (Å²) in [6.07, 6.45) is -1.04. The number of amides is 2. The zero-order chi connectivity index (χ0) is 26.2. The molecular formula is C27H31N3O6. The molecule has 1 unspecified atom stereocenters. The van der Waals surface area contributed by atoms with Gasteiger partial charge in [-0.05, 0) is 63.4 Å². The summed E-state index contributed by atoms with van der Waals surface area (Å²) in [5.74, 6) is -0.118. The van der Waals surface area contributed by atoms with Gasteiger partial charge >= 0.3 is 5.97 Å². The summed E-state index contributed by atoms with van der Waals surface area (Å²) in [4.78, 5) is 36.8. The fraction of sp³-hybridized carbons (Fsp3) is 0.333. The largest absolute Gasteiger partial charge is 0.489 e. The maximum Gasteiger partial charge on any atom is 0.311 e. The summed E-state index contributed by atoms with van der Waals surface area (Å²) in [7, 11) is 0. The standard InChI is InChI=1S/C27H31N3O6/c1-16-7-6-8-17(2)26(16)29-24(31)14-28-27(33)20(5)35-25(32)13-21-9-11-22(12-10-21)34-15-23-18(3)30-36-19(23)4/h6-12,20H,13-15H2,1-5H3,(H,28,33)(H,29,31). The van der Waals surface area contributed by atoms with E-state index in [1.54, 1.807) is 24.3 Å². The number of carbonyl (C=O) groups is 3. The van der Waals surface area contributed by atoms with Crippen LogP contribution in [0.2, 0.25) is 0 Å². The van der Waals surface area contributed by atoms with Gasteiger partial charge < -0.3 is 24.6 Å². The van der Waals surface area contributed by atoms with E-state index in [4.69, 9.17) is 14.0 Å².